The lowest BCUT2D eigenvalue weighted by molar-refractivity contribution is 0.383. The van der Waals surface area contributed by atoms with Gasteiger partial charge in [-0.05, 0) is 18.8 Å². The van der Waals surface area contributed by atoms with E-state index < -0.39 is 5.82 Å². The van der Waals surface area contributed by atoms with Crippen LogP contribution in [0, 0.1) is 11.7 Å². The highest BCUT2D eigenvalue weighted by atomic mass is 19.1. The number of nitrogens with zero attached hydrogens (tertiary/aromatic N) is 1. The fraction of sp³-hybridized carbons (Fsp3) is 0.500. The average molecular weight is 196 g/mol. The summed E-state index contributed by atoms with van der Waals surface area (Å²) in [7, 11) is 1.44. The van der Waals surface area contributed by atoms with Gasteiger partial charge in [0.15, 0.2) is 11.6 Å². The Labute approximate surface area is 82.1 Å². The summed E-state index contributed by atoms with van der Waals surface area (Å²) < 4.78 is 17.9. The summed E-state index contributed by atoms with van der Waals surface area (Å²) in [6, 6.07) is 1.50. The first-order valence-electron chi connectivity index (χ1n) is 4.67. The van der Waals surface area contributed by atoms with Crippen molar-refractivity contribution >= 4 is 0 Å². The van der Waals surface area contributed by atoms with Gasteiger partial charge in [0.1, 0.15) is 0 Å². The van der Waals surface area contributed by atoms with Crippen LogP contribution >= 0.6 is 0 Å². The van der Waals surface area contributed by atoms with Crippen LogP contribution in [0.4, 0.5) is 4.39 Å². The van der Waals surface area contributed by atoms with Gasteiger partial charge in [0.25, 0.3) is 0 Å². The molecule has 76 valence electrons. The molecule has 1 aromatic heterocycles. The molecule has 1 atom stereocenters. The van der Waals surface area contributed by atoms with Crippen LogP contribution in [-0.4, -0.2) is 12.1 Å². The molecule has 0 bridgehead atoms. The summed E-state index contributed by atoms with van der Waals surface area (Å²) in [5, 5.41) is 0. The van der Waals surface area contributed by atoms with Crippen LogP contribution in [0.1, 0.15) is 24.6 Å². The average Bonchev–Trinajstić information content (AvgIpc) is 3.01. The number of halogens is 1. The van der Waals surface area contributed by atoms with Crippen LogP contribution < -0.4 is 10.5 Å². The van der Waals surface area contributed by atoms with E-state index in [9.17, 15) is 4.39 Å². The molecule has 1 heterocycles. The predicted molar refractivity (Wildman–Crippen MR) is 50.4 cm³/mol. The van der Waals surface area contributed by atoms with Crippen molar-refractivity contribution in [2.45, 2.75) is 18.9 Å². The van der Waals surface area contributed by atoms with Crippen molar-refractivity contribution in [2.24, 2.45) is 11.7 Å². The third-order valence-corrected chi connectivity index (χ3v) is 2.53. The number of pyridine rings is 1. The molecule has 0 aromatic carbocycles. The molecule has 2 rings (SSSR count). The number of hydrogen-bond acceptors (Lipinski definition) is 3. The van der Waals surface area contributed by atoms with Crippen molar-refractivity contribution < 1.29 is 9.13 Å². The summed E-state index contributed by atoms with van der Waals surface area (Å²) in [6.45, 7) is 0. The molecule has 1 aliphatic rings. The lowest BCUT2D eigenvalue weighted by Crippen LogP contribution is -2.14. The van der Waals surface area contributed by atoms with Gasteiger partial charge in [-0.25, -0.2) is 4.39 Å². The second-order valence-electron chi connectivity index (χ2n) is 3.61. The van der Waals surface area contributed by atoms with Crippen LogP contribution in [0.5, 0.6) is 5.75 Å². The first-order valence-corrected chi connectivity index (χ1v) is 4.67. The van der Waals surface area contributed by atoms with E-state index in [-0.39, 0.29) is 11.8 Å². The van der Waals surface area contributed by atoms with Crippen molar-refractivity contribution in [3.05, 3.63) is 23.8 Å². The van der Waals surface area contributed by atoms with Crippen LogP contribution in [-0.2, 0) is 0 Å². The quantitative estimate of drug-likeness (QED) is 0.799. The summed E-state index contributed by atoms with van der Waals surface area (Å²) in [6.07, 6.45) is 3.45. The second-order valence-corrected chi connectivity index (χ2v) is 3.61. The lowest BCUT2D eigenvalue weighted by atomic mass is 10.1. The number of rotatable bonds is 3. The maximum absolute atomic E-state index is 13.0. The van der Waals surface area contributed by atoms with E-state index in [1.54, 1.807) is 6.07 Å². The highest BCUT2D eigenvalue weighted by molar-refractivity contribution is 5.26. The first-order chi connectivity index (χ1) is 6.72. The van der Waals surface area contributed by atoms with Crippen molar-refractivity contribution in [3.8, 4) is 5.75 Å². The molecule has 2 N–H and O–H groups in total. The summed E-state index contributed by atoms with van der Waals surface area (Å²) >= 11 is 0. The van der Waals surface area contributed by atoms with Gasteiger partial charge in [0, 0.05) is 12.1 Å². The smallest absolute Gasteiger partial charge is 0.183 e. The topological polar surface area (TPSA) is 48.1 Å². The third-order valence-electron chi connectivity index (χ3n) is 2.53. The van der Waals surface area contributed by atoms with Crippen LogP contribution in [0.3, 0.4) is 0 Å². The molecule has 1 aliphatic carbocycles. The van der Waals surface area contributed by atoms with Gasteiger partial charge >= 0.3 is 0 Å². The Morgan fingerprint density at radius 3 is 2.93 bits per heavy atom. The fourth-order valence-electron chi connectivity index (χ4n) is 1.47. The van der Waals surface area contributed by atoms with Gasteiger partial charge in [-0.2, -0.15) is 0 Å². The Morgan fingerprint density at radius 1 is 1.64 bits per heavy atom. The molecule has 0 amide bonds. The van der Waals surface area contributed by atoms with Crippen molar-refractivity contribution in [1.82, 2.24) is 4.98 Å². The van der Waals surface area contributed by atoms with E-state index in [2.05, 4.69) is 4.98 Å². The SMILES string of the molecule is COc1cc(C(N)C2CC2)ncc1F. The zero-order chi connectivity index (χ0) is 10.1. The monoisotopic (exact) mass is 196 g/mol. The molecular weight excluding hydrogens is 183 g/mol. The third kappa shape index (κ3) is 1.70. The standard InChI is InChI=1S/C10H13FN2O/c1-14-9-4-8(13-5-7(9)11)10(12)6-2-3-6/h4-6,10H,2-3,12H2,1H3. The van der Waals surface area contributed by atoms with Crippen molar-refractivity contribution in [3.63, 3.8) is 0 Å². The van der Waals surface area contributed by atoms with Gasteiger partial charge in [-0.15, -0.1) is 0 Å². The van der Waals surface area contributed by atoms with Gasteiger partial charge in [-0.3, -0.25) is 4.98 Å². The summed E-state index contributed by atoms with van der Waals surface area (Å²) in [5.41, 5.74) is 6.65. The highest BCUT2D eigenvalue weighted by Crippen LogP contribution is 2.39. The summed E-state index contributed by atoms with van der Waals surface area (Å²) in [4.78, 5) is 3.97. The minimum absolute atomic E-state index is 0.0792. The number of methoxy groups -OCH3 is 1. The van der Waals surface area contributed by atoms with Crippen molar-refractivity contribution in [2.75, 3.05) is 7.11 Å². The number of hydrogen-bond donors (Lipinski definition) is 1. The van der Waals surface area contributed by atoms with Crippen LogP contribution in [0.15, 0.2) is 12.3 Å². The molecule has 0 saturated heterocycles. The van der Waals surface area contributed by atoms with Gasteiger partial charge < -0.3 is 10.5 Å². The van der Waals surface area contributed by atoms with E-state index >= 15 is 0 Å². The van der Waals surface area contributed by atoms with Gasteiger partial charge in [0.2, 0.25) is 0 Å². The number of nitrogens with two attached hydrogens (primary N) is 1. The molecule has 14 heavy (non-hydrogen) atoms. The Kier molecular flexibility index (Phi) is 2.37. The van der Waals surface area contributed by atoms with E-state index in [4.69, 9.17) is 10.5 Å². The normalized spacial score (nSPS) is 17.9. The number of ether oxygens (including phenoxy) is 1. The van der Waals surface area contributed by atoms with Gasteiger partial charge in [-0.1, -0.05) is 0 Å². The molecule has 1 saturated carbocycles. The Morgan fingerprint density at radius 2 is 2.36 bits per heavy atom. The zero-order valence-corrected chi connectivity index (χ0v) is 8.03. The molecular formula is C10H13FN2O. The minimum Gasteiger partial charge on any atom is -0.494 e. The lowest BCUT2D eigenvalue weighted by Gasteiger charge is -2.10. The Hall–Kier alpha value is -1.16. The fourth-order valence-corrected chi connectivity index (χ4v) is 1.47. The predicted octanol–water partition coefficient (Wildman–Crippen LogP) is 1.64. The second kappa shape index (κ2) is 3.53. The highest BCUT2D eigenvalue weighted by Gasteiger charge is 2.30. The summed E-state index contributed by atoms with van der Waals surface area (Å²) in [5.74, 6) is 0.281. The molecule has 3 nitrogen and oxygen atoms in total. The molecule has 1 aromatic rings. The maximum atomic E-state index is 13.0. The van der Waals surface area contributed by atoms with E-state index in [0.29, 0.717) is 11.6 Å². The van der Waals surface area contributed by atoms with Gasteiger partial charge in [0.05, 0.1) is 19.0 Å². The Balaban J connectivity index is 2.25. The molecule has 1 fully saturated rings. The molecule has 0 spiro atoms. The minimum atomic E-state index is -0.445. The first kappa shape index (κ1) is 9.40. The van der Waals surface area contributed by atoms with E-state index in [1.807, 2.05) is 0 Å². The van der Waals surface area contributed by atoms with E-state index in [0.717, 1.165) is 19.0 Å². The molecule has 4 heteroatoms. The largest absolute Gasteiger partial charge is 0.494 e. The maximum Gasteiger partial charge on any atom is 0.183 e. The van der Waals surface area contributed by atoms with E-state index in [1.165, 1.54) is 7.11 Å². The molecule has 0 radical (unpaired) electrons. The zero-order valence-electron chi connectivity index (χ0n) is 8.03. The molecule has 1 unspecified atom stereocenters. The Bertz CT molecular complexity index is 339. The van der Waals surface area contributed by atoms with Crippen LogP contribution in [0.2, 0.25) is 0 Å². The van der Waals surface area contributed by atoms with Crippen LogP contribution in [0.25, 0.3) is 0 Å². The number of aromatic nitrogens is 1. The van der Waals surface area contributed by atoms with Crippen molar-refractivity contribution in [1.29, 1.82) is 0 Å². The molecule has 0 aliphatic heterocycles.